The molecule has 1 fully saturated rings. The van der Waals surface area contributed by atoms with Crippen molar-refractivity contribution in [3.63, 3.8) is 0 Å². The Kier molecular flexibility index (Phi) is 6.74. The minimum atomic E-state index is -3.56. The molecule has 1 aliphatic rings. The molecule has 0 bridgehead atoms. The minimum absolute atomic E-state index is 0.228. The lowest BCUT2D eigenvalue weighted by Gasteiger charge is -2.28. The van der Waals surface area contributed by atoms with Crippen LogP contribution in [0.1, 0.15) is 43.5 Å². The van der Waals surface area contributed by atoms with E-state index in [0.29, 0.717) is 24.3 Å². The molecule has 8 heteroatoms. The number of thiophene rings is 1. The molecule has 0 atom stereocenters. The van der Waals surface area contributed by atoms with E-state index in [2.05, 4.69) is 10.2 Å². The molecule has 0 unspecified atom stereocenters. The molecule has 1 saturated heterocycles. The van der Waals surface area contributed by atoms with E-state index in [-0.39, 0.29) is 10.8 Å². The topological polar surface area (TPSA) is 69.7 Å². The lowest BCUT2D eigenvalue weighted by Crippen LogP contribution is -2.35. The highest BCUT2D eigenvalue weighted by molar-refractivity contribution is 7.89. The van der Waals surface area contributed by atoms with Crippen molar-refractivity contribution >= 4 is 38.6 Å². The third-order valence-corrected chi connectivity index (χ3v) is 7.63. The van der Waals surface area contributed by atoms with Crippen LogP contribution in [0.2, 0.25) is 0 Å². The maximum atomic E-state index is 13.1. The molecular formula is C20H27N3O3S2. The van der Waals surface area contributed by atoms with E-state index in [1.807, 2.05) is 19.2 Å². The molecule has 1 aliphatic heterocycles. The summed E-state index contributed by atoms with van der Waals surface area (Å²) in [5, 5.41) is 6.54. The van der Waals surface area contributed by atoms with Crippen LogP contribution >= 0.6 is 11.3 Å². The van der Waals surface area contributed by atoms with Crippen LogP contribution in [-0.4, -0.2) is 44.8 Å². The van der Waals surface area contributed by atoms with Gasteiger partial charge < -0.3 is 10.2 Å². The summed E-state index contributed by atoms with van der Waals surface area (Å²) in [5.41, 5.74) is 1.92. The van der Waals surface area contributed by atoms with Crippen LogP contribution in [-0.2, 0) is 10.0 Å². The Morgan fingerprint density at radius 2 is 1.86 bits per heavy atom. The SMILES string of the molecule is CCN(CC)c1ccc(S(=O)(=O)N2CCCCC2)cc1NC(=O)c1ccsc1. The van der Waals surface area contributed by atoms with E-state index in [1.54, 1.807) is 34.0 Å². The molecule has 0 radical (unpaired) electrons. The number of sulfonamides is 1. The Hall–Kier alpha value is -1.90. The van der Waals surface area contributed by atoms with Crippen LogP contribution in [0.3, 0.4) is 0 Å². The van der Waals surface area contributed by atoms with Gasteiger partial charge in [-0.05, 0) is 56.3 Å². The first-order valence-corrected chi connectivity index (χ1v) is 12.1. The van der Waals surface area contributed by atoms with Crippen molar-refractivity contribution in [3.8, 4) is 0 Å². The summed E-state index contributed by atoms with van der Waals surface area (Å²) in [6, 6.07) is 6.80. The maximum Gasteiger partial charge on any atom is 0.256 e. The number of amides is 1. The molecule has 152 valence electrons. The second-order valence-electron chi connectivity index (χ2n) is 6.78. The molecule has 0 aliphatic carbocycles. The van der Waals surface area contributed by atoms with E-state index in [0.717, 1.165) is 38.0 Å². The second-order valence-corrected chi connectivity index (χ2v) is 9.50. The predicted molar refractivity (Wildman–Crippen MR) is 115 cm³/mol. The van der Waals surface area contributed by atoms with Crippen molar-refractivity contribution in [2.75, 3.05) is 36.4 Å². The summed E-state index contributed by atoms with van der Waals surface area (Å²) in [5.74, 6) is -0.234. The Bertz CT molecular complexity index is 901. The molecule has 28 heavy (non-hydrogen) atoms. The van der Waals surface area contributed by atoms with Crippen molar-refractivity contribution in [2.24, 2.45) is 0 Å². The number of benzene rings is 1. The number of rotatable bonds is 7. The normalized spacial score (nSPS) is 15.4. The molecule has 1 amide bonds. The summed E-state index contributed by atoms with van der Waals surface area (Å²) in [6.07, 6.45) is 2.84. The van der Waals surface area contributed by atoms with Gasteiger partial charge in [-0.2, -0.15) is 15.6 Å². The maximum absolute atomic E-state index is 13.1. The fraction of sp³-hybridized carbons (Fsp3) is 0.450. The zero-order valence-corrected chi connectivity index (χ0v) is 18.0. The minimum Gasteiger partial charge on any atom is -0.370 e. The number of nitrogens with one attached hydrogen (secondary N) is 1. The molecule has 0 saturated carbocycles. The monoisotopic (exact) mass is 421 g/mol. The molecule has 2 heterocycles. The Balaban J connectivity index is 1.98. The first kappa shape index (κ1) is 20.8. The first-order valence-electron chi connectivity index (χ1n) is 9.70. The van der Waals surface area contributed by atoms with E-state index in [1.165, 1.54) is 11.3 Å². The summed E-state index contributed by atoms with van der Waals surface area (Å²) in [4.78, 5) is 14.9. The lowest BCUT2D eigenvalue weighted by atomic mass is 10.2. The smallest absolute Gasteiger partial charge is 0.256 e. The number of piperidine rings is 1. The van der Waals surface area contributed by atoms with Crippen molar-refractivity contribution in [1.82, 2.24) is 4.31 Å². The number of nitrogens with zero attached hydrogens (tertiary/aromatic N) is 2. The molecule has 1 N–H and O–H groups in total. The quantitative estimate of drug-likeness (QED) is 0.733. The fourth-order valence-electron chi connectivity index (χ4n) is 3.46. The van der Waals surface area contributed by atoms with Crippen LogP contribution in [0.4, 0.5) is 11.4 Å². The Morgan fingerprint density at radius 3 is 2.46 bits per heavy atom. The van der Waals surface area contributed by atoms with E-state index >= 15 is 0 Å². The number of carbonyl (C=O) groups excluding carboxylic acids is 1. The third-order valence-electron chi connectivity index (χ3n) is 5.06. The number of hydrogen-bond donors (Lipinski definition) is 1. The molecular weight excluding hydrogens is 394 g/mol. The van der Waals surface area contributed by atoms with Gasteiger partial charge in [0.05, 0.1) is 21.8 Å². The van der Waals surface area contributed by atoms with E-state index in [4.69, 9.17) is 0 Å². The Labute approximate surface area is 171 Å². The highest BCUT2D eigenvalue weighted by atomic mass is 32.2. The largest absolute Gasteiger partial charge is 0.370 e. The van der Waals surface area contributed by atoms with Crippen molar-refractivity contribution in [3.05, 3.63) is 40.6 Å². The summed E-state index contributed by atoms with van der Waals surface area (Å²) in [6.45, 7) is 6.69. The van der Waals surface area contributed by atoms with Gasteiger partial charge in [0.2, 0.25) is 10.0 Å². The molecule has 2 aromatic rings. The zero-order valence-electron chi connectivity index (χ0n) is 16.3. The van der Waals surface area contributed by atoms with Gasteiger partial charge in [0, 0.05) is 31.6 Å². The van der Waals surface area contributed by atoms with Crippen LogP contribution in [0.25, 0.3) is 0 Å². The van der Waals surface area contributed by atoms with Crippen LogP contribution in [0.15, 0.2) is 39.9 Å². The van der Waals surface area contributed by atoms with E-state index < -0.39 is 10.0 Å². The first-order chi connectivity index (χ1) is 13.5. The number of carbonyl (C=O) groups is 1. The number of anilines is 2. The predicted octanol–water partition coefficient (Wildman–Crippen LogP) is 4.02. The van der Waals surface area contributed by atoms with Gasteiger partial charge in [-0.15, -0.1) is 0 Å². The average molecular weight is 422 g/mol. The number of hydrogen-bond acceptors (Lipinski definition) is 5. The van der Waals surface area contributed by atoms with E-state index in [9.17, 15) is 13.2 Å². The summed E-state index contributed by atoms with van der Waals surface area (Å²) >= 11 is 1.45. The highest BCUT2D eigenvalue weighted by Gasteiger charge is 2.27. The molecule has 1 aromatic carbocycles. The van der Waals surface area contributed by atoms with Crippen LogP contribution in [0.5, 0.6) is 0 Å². The molecule has 0 spiro atoms. The lowest BCUT2D eigenvalue weighted by molar-refractivity contribution is 0.102. The molecule has 3 rings (SSSR count). The van der Waals surface area contributed by atoms with Crippen LogP contribution < -0.4 is 10.2 Å². The Morgan fingerprint density at radius 1 is 1.14 bits per heavy atom. The summed E-state index contributed by atoms with van der Waals surface area (Å²) in [7, 11) is -3.56. The van der Waals surface area contributed by atoms with Gasteiger partial charge in [0.25, 0.3) is 5.91 Å². The van der Waals surface area contributed by atoms with Gasteiger partial charge in [0.1, 0.15) is 0 Å². The van der Waals surface area contributed by atoms with Crippen molar-refractivity contribution < 1.29 is 13.2 Å². The van der Waals surface area contributed by atoms with Gasteiger partial charge in [-0.25, -0.2) is 8.42 Å². The molecule has 6 nitrogen and oxygen atoms in total. The average Bonchev–Trinajstić information content (AvgIpc) is 3.25. The molecule has 1 aromatic heterocycles. The van der Waals surface area contributed by atoms with Gasteiger partial charge in [-0.3, -0.25) is 4.79 Å². The highest BCUT2D eigenvalue weighted by Crippen LogP contribution is 2.31. The van der Waals surface area contributed by atoms with Gasteiger partial charge in [0.15, 0.2) is 0 Å². The van der Waals surface area contributed by atoms with Gasteiger partial charge in [-0.1, -0.05) is 6.42 Å². The summed E-state index contributed by atoms with van der Waals surface area (Å²) < 4.78 is 27.7. The van der Waals surface area contributed by atoms with Crippen molar-refractivity contribution in [1.29, 1.82) is 0 Å². The second kappa shape index (κ2) is 9.07. The van der Waals surface area contributed by atoms with Gasteiger partial charge >= 0.3 is 0 Å². The third kappa shape index (κ3) is 4.39. The zero-order chi connectivity index (χ0) is 20.1. The van der Waals surface area contributed by atoms with Crippen molar-refractivity contribution in [2.45, 2.75) is 38.0 Å². The van der Waals surface area contributed by atoms with Crippen LogP contribution in [0, 0.1) is 0 Å². The fourth-order valence-corrected chi connectivity index (χ4v) is 5.64. The standard InChI is InChI=1S/C20H27N3O3S2/c1-3-22(4-2)19-9-8-17(28(25,26)23-11-6-5-7-12-23)14-18(19)21-20(24)16-10-13-27-15-16/h8-10,13-15H,3-7,11-12H2,1-2H3,(H,21,24).